The van der Waals surface area contributed by atoms with E-state index in [9.17, 15) is 14.5 Å². The Kier molecular flexibility index (Phi) is 3.52. The number of nitro groups is 1. The van der Waals surface area contributed by atoms with Crippen LogP contribution in [0.25, 0.3) is 0 Å². The first-order chi connectivity index (χ1) is 8.56. The van der Waals surface area contributed by atoms with Gasteiger partial charge in [-0.05, 0) is 18.2 Å². The number of pyridine rings is 1. The average Bonchev–Trinajstić information content (AvgIpc) is 2.33. The summed E-state index contributed by atoms with van der Waals surface area (Å²) in [5.41, 5.74) is -0.154. The first kappa shape index (κ1) is 12.4. The molecule has 0 spiro atoms. The maximum Gasteiger partial charge on any atom is 0.287 e. The zero-order valence-corrected chi connectivity index (χ0v) is 10.4. The first-order valence-corrected chi connectivity index (χ1v) is 5.59. The lowest BCUT2D eigenvalue weighted by Crippen LogP contribution is -1.93. The fraction of sp³-hybridized carbons (Fsp3) is 0. The Morgan fingerprint density at radius 2 is 2.11 bits per heavy atom. The number of hydrogen-bond acceptors (Lipinski definition) is 4. The van der Waals surface area contributed by atoms with Gasteiger partial charge in [-0.2, -0.15) is 0 Å². The van der Waals surface area contributed by atoms with Crippen LogP contribution >= 0.6 is 15.9 Å². The van der Waals surface area contributed by atoms with Gasteiger partial charge in [0.25, 0.3) is 5.69 Å². The highest BCUT2D eigenvalue weighted by Crippen LogP contribution is 2.26. The number of benzene rings is 1. The molecular weight excluding hydrogens is 307 g/mol. The van der Waals surface area contributed by atoms with E-state index in [1.54, 1.807) is 6.07 Å². The Bertz CT molecular complexity index is 589. The molecule has 0 aliphatic rings. The van der Waals surface area contributed by atoms with Crippen LogP contribution in [0.3, 0.4) is 0 Å². The van der Waals surface area contributed by atoms with Gasteiger partial charge in [0, 0.05) is 16.6 Å². The molecule has 1 aromatic carbocycles. The molecule has 1 aromatic heterocycles. The van der Waals surface area contributed by atoms with Crippen molar-refractivity contribution in [2.24, 2.45) is 0 Å². The minimum Gasteiger partial charge on any atom is -0.436 e. The number of halogens is 2. The van der Waals surface area contributed by atoms with Gasteiger partial charge in [-0.25, -0.2) is 9.37 Å². The predicted molar refractivity (Wildman–Crippen MR) is 65.1 cm³/mol. The van der Waals surface area contributed by atoms with Crippen molar-refractivity contribution in [3.63, 3.8) is 0 Å². The largest absolute Gasteiger partial charge is 0.436 e. The summed E-state index contributed by atoms with van der Waals surface area (Å²) >= 11 is 3.12. The Labute approximate surface area is 110 Å². The van der Waals surface area contributed by atoms with Gasteiger partial charge in [0.05, 0.1) is 4.92 Å². The Balaban J connectivity index is 2.21. The molecule has 2 aromatic rings. The highest BCUT2D eigenvalue weighted by atomic mass is 79.9. The third-order valence-corrected chi connectivity index (χ3v) is 2.53. The molecule has 0 fully saturated rings. The van der Waals surface area contributed by atoms with Crippen LogP contribution in [-0.2, 0) is 0 Å². The molecule has 0 amide bonds. The maximum absolute atomic E-state index is 13.5. The van der Waals surface area contributed by atoms with E-state index < -0.39 is 10.7 Å². The second-order valence-electron chi connectivity index (χ2n) is 3.29. The summed E-state index contributed by atoms with van der Waals surface area (Å²) in [6.45, 7) is 0. The van der Waals surface area contributed by atoms with E-state index in [1.807, 2.05) is 0 Å². The molecule has 0 N–H and O–H groups in total. The van der Waals surface area contributed by atoms with E-state index in [2.05, 4.69) is 20.9 Å². The van der Waals surface area contributed by atoms with Gasteiger partial charge in [-0.3, -0.25) is 10.1 Å². The second-order valence-corrected chi connectivity index (χ2v) is 4.20. The van der Waals surface area contributed by atoms with Gasteiger partial charge in [-0.15, -0.1) is 0 Å². The number of ether oxygens (including phenoxy) is 1. The van der Waals surface area contributed by atoms with Crippen LogP contribution in [0, 0.1) is 15.9 Å². The molecule has 5 nitrogen and oxygen atoms in total. The normalized spacial score (nSPS) is 10.1. The monoisotopic (exact) mass is 312 g/mol. The fourth-order valence-corrected chi connectivity index (χ4v) is 1.54. The lowest BCUT2D eigenvalue weighted by molar-refractivity contribution is -0.385. The summed E-state index contributed by atoms with van der Waals surface area (Å²) in [6.07, 6.45) is 1.05. The van der Waals surface area contributed by atoms with E-state index in [-0.39, 0.29) is 17.3 Å². The molecular formula is C11H6BrFN2O3. The molecule has 0 bridgehead atoms. The molecule has 18 heavy (non-hydrogen) atoms. The molecule has 0 aliphatic carbocycles. The molecule has 0 aliphatic heterocycles. The van der Waals surface area contributed by atoms with Gasteiger partial charge in [0.2, 0.25) is 5.88 Å². The van der Waals surface area contributed by atoms with Crippen LogP contribution in [0.5, 0.6) is 11.6 Å². The molecule has 0 unspecified atom stereocenters. The van der Waals surface area contributed by atoms with Gasteiger partial charge in [0.1, 0.15) is 6.20 Å². The van der Waals surface area contributed by atoms with Crippen LogP contribution in [0.2, 0.25) is 0 Å². The molecule has 0 radical (unpaired) electrons. The van der Waals surface area contributed by atoms with Crippen LogP contribution in [0.4, 0.5) is 10.1 Å². The quantitative estimate of drug-likeness (QED) is 0.640. The van der Waals surface area contributed by atoms with Crippen LogP contribution in [0.15, 0.2) is 41.0 Å². The molecule has 1 heterocycles. The van der Waals surface area contributed by atoms with Crippen molar-refractivity contribution in [3.8, 4) is 11.6 Å². The van der Waals surface area contributed by atoms with E-state index in [0.717, 1.165) is 6.20 Å². The van der Waals surface area contributed by atoms with Crippen molar-refractivity contribution >= 4 is 21.6 Å². The minimum absolute atomic E-state index is 0.000414. The lowest BCUT2D eigenvalue weighted by atomic mass is 10.3. The summed E-state index contributed by atoms with van der Waals surface area (Å²) in [5.74, 6) is -0.467. The fourth-order valence-electron chi connectivity index (χ4n) is 1.21. The topological polar surface area (TPSA) is 65.3 Å². The molecule has 0 saturated carbocycles. The van der Waals surface area contributed by atoms with Gasteiger partial charge < -0.3 is 4.74 Å². The van der Waals surface area contributed by atoms with Gasteiger partial charge in [-0.1, -0.05) is 15.9 Å². The molecule has 0 atom stereocenters. The Hall–Kier alpha value is -2.02. The summed E-state index contributed by atoms with van der Waals surface area (Å²) in [5, 5.41) is 10.4. The number of rotatable bonds is 3. The molecule has 7 heteroatoms. The van der Waals surface area contributed by atoms with Gasteiger partial charge in [0.15, 0.2) is 11.6 Å². The molecule has 92 valence electrons. The van der Waals surface area contributed by atoms with E-state index >= 15 is 0 Å². The number of aromatic nitrogens is 1. The second kappa shape index (κ2) is 5.09. The lowest BCUT2D eigenvalue weighted by Gasteiger charge is -2.05. The third kappa shape index (κ3) is 2.80. The maximum atomic E-state index is 13.5. The van der Waals surface area contributed by atoms with E-state index in [1.165, 1.54) is 24.3 Å². The summed E-state index contributed by atoms with van der Waals surface area (Å²) in [7, 11) is 0. The third-order valence-electron chi connectivity index (χ3n) is 2.04. The Morgan fingerprint density at radius 1 is 1.33 bits per heavy atom. The average molecular weight is 313 g/mol. The standard InChI is InChI=1S/C11H6BrFN2O3/c12-7-1-3-10(9(13)5-7)18-11-4-2-8(6-14-11)15(16)17/h1-6H. The smallest absolute Gasteiger partial charge is 0.287 e. The minimum atomic E-state index is -0.572. The summed E-state index contributed by atoms with van der Waals surface area (Å²) < 4.78 is 19.2. The SMILES string of the molecule is O=[N+]([O-])c1ccc(Oc2ccc(Br)cc2F)nc1. The van der Waals surface area contributed by atoms with Crippen molar-refractivity contribution < 1.29 is 14.1 Å². The van der Waals surface area contributed by atoms with Crippen molar-refractivity contribution in [3.05, 3.63) is 56.9 Å². The van der Waals surface area contributed by atoms with Crippen LogP contribution < -0.4 is 4.74 Å². The highest BCUT2D eigenvalue weighted by molar-refractivity contribution is 9.10. The van der Waals surface area contributed by atoms with Crippen LogP contribution in [0.1, 0.15) is 0 Å². The predicted octanol–water partition coefficient (Wildman–Crippen LogP) is 3.68. The van der Waals surface area contributed by atoms with Gasteiger partial charge >= 0.3 is 0 Å². The zero-order chi connectivity index (χ0) is 13.1. The van der Waals surface area contributed by atoms with Crippen molar-refractivity contribution in [2.75, 3.05) is 0 Å². The Morgan fingerprint density at radius 3 is 2.67 bits per heavy atom. The van der Waals surface area contributed by atoms with E-state index in [4.69, 9.17) is 4.74 Å². The van der Waals surface area contributed by atoms with Crippen molar-refractivity contribution in [1.29, 1.82) is 0 Å². The molecule has 2 rings (SSSR count). The van der Waals surface area contributed by atoms with Crippen molar-refractivity contribution in [2.45, 2.75) is 0 Å². The van der Waals surface area contributed by atoms with Crippen LogP contribution in [-0.4, -0.2) is 9.91 Å². The molecule has 0 saturated heterocycles. The van der Waals surface area contributed by atoms with Crippen molar-refractivity contribution in [1.82, 2.24) is 4.98 Å². The number of hydrogen-bond donors (Lipinski definition) is 0. The van der Waals surface area contributed by atoms with E-state index in [0.29, 0.717) is 4.47 Å². The summed E-state index contributed by atoms with van der Waals surface area (Å²) in [4.78, 5) is 13.6. The highest BCUT2D eigenvalue weighted by Gasteiger charge is 2.09. The first-order valence-electron chi connectivity index (χ1n) is 4.79. The summed E-state index contributed by atoms with van der Waals surface area (Å²) in [6, 6.07) is 6.84. The number of nitrogens with zero attached hydrogens (tertiary/aromatic N) is 2. The zero-order valence-electron chi connectivity index (χ0n) is 8.84.